The summed E-state index contributed by atoms with van der Waals surface area (Å²) in [6.45, 7) is 2.82. The second kappa shape index (κ2) is 7.05. The number of benzene rings is 1. The molecule has 0 unspecified atom stereocenters. The smallest absolute Gasteiger partial charge is 0.342 e. The van der Waals surface area contributed by atoms with Crippen LogP contribution in [0, 0.1) is 13.8 Å². The van der Waals surface area contributed by atoms with Crippen molar-refractivity contribution in [3.05, 3.63) is 68.3 Å². The number of fused-ring (bicyclic) bond motifs is 1. The minimum atomic E-state index is -0.662. The number of rotatable bonds is 4. The molecule has 1 aromatic carbocycles. The fourth-order valence-corrected chi connectivity index (χ4v) is 3.26. The summed E-state index contributed by atoms with van der Waals surface area (Å²) in [6, 6.07) is 6.92. The van der Waals surface area contributed by atoms with Crippen LogP contribution < -0.4 is 5.63 Å². The van der Waals surface area contributed by atoms with E-state index in [-0.39, 0.29) is 23.7 Å². The Balaban J connectivity index is 1.70. The van der Waals surface area contributed by atoms with Crippen LogP contribution in [0.1, 0.15) is 56.0 Å². The molecule has 0 aliphatic heterocycles. The van der Waals surface area contributed by atoms with Crippen LogP contribution in [-0.2, 0) is 17.6 Å². The Morgan fingerprint density at radius 2 is 1.80 bits per heavy atom. The maximum Gasteiger partial charge on any atom is 0.342 e. The molecule has 0 bridgehead atoms. The molecule has 0 N–H and O–H groups in total. The highest BCUT2D eigenvalue weighted by atomic mass is 16.5. The normalized spacial score (nSPS) is 13.2. The van der Waals surface area contributed by atoms with Crippen LogP contribution in [0.2, 0.25) is 0 Å². The number of ether oxygens (including phenoxy) is 1. The molecule has 130 valence electrons. The molecule has 5 heteroatoms. The van der Waals surface area contributed by atoms with Crippen LogP contribution in [0.15, 0.2) is 33.5 Å². The minimum Gasteiger partial charge on any atom is -0.454 e. The average molecular weight is 340 g/mol. The molecule has 0 amide bonds. The Morgan fingerprint density at radius 3 is 2.52 bits per heavy atom. The van der Waals surface area contributed by atoms with E-state index in [4.69, 9.17) is 9.15 Å². The van der Waals surface area contributed by atoms with Gasteiger partial charge in [-0.15, -0.1) is 0 Å². The van der Waals surface area contributed by atoms with Crippen molar-refractivity contribution in [2.45, 2.75) is 39.5 Å². The van der Waals surface area contributed by atoms with Crippen LogP contribution in [0.25, 0.3) is 0 Å². The first-order valence-corrected chi connectivity index (χ1v) is 8.39. The molecule has 25 heavy (non-hydrogen) atoms. The molecule has 1 aliphatic carbocycles. The van der Waals surface area contributed by atoms with Crippen molar-refractivity contribution < 1.29 is 18.7 Å². The highest BCUT2D eigenvalue weighted by Gasteiger charge is 2.19. The van der Waals surface area contributed by atoms with Crippen molar-refractivity contribution in [1.29, 1.82) is 0 Å². The quantitative estimate of drug-likeness (QED) is 0.631. The van der Waals surface area contributed by atoms with Gasteiger partial charge in [0.05, 0.1) is 0 Å². The van der Waals surface area contributed by atoms with Gasteiger partial charge in [0.2, 0.25) is 0 Å². The van der Waals surface area contributed by atoms with E-state index < -0.39 is 11.6 Å². The number of esters is 1. The Bertz CT molecular complexity index is 865. The third-order valence-corrected chi connectivity index (χ3v) is 4.54. The molecule has 0 radical (unpaired) electrons. The second-order valence-corrected chi connectivity index (χ2v) is 6.37. The van der Waals surface area contributed by atoms with Gasteiger partial charge in [0, 0.05) is 11.6 Å². The lowest BCUT2D eigenvalue weighted by Crippen LogP contribution is -2.18. The van der Waals surface area contributed by atoms with Gasteiger partial charge in [-0.25, -0.2) is 9.59 Å². The molecule has 1 aliphatic rings. The molecule has 0 spiro atoms. The molecule has 2 aromatic rings. The van der Waals surface area contributed by atoms with Gasteiger partial charge in [-0.05, 0) is 62.3 Å². The summed E-state index contributed by atoms with van der Waals surface area (Å²) in [5.74, 6) is -0.712. The Morgan fingerprint density at radius 1 is 1.08 bits per heavy atom. The van der Waals surface area contributed by atoms with Crippen molar-refractivity contribution >= 4 is 11.8 Å². The van der Waals surface area contributed by atoms with Gasteiger partial charge in [0.15, 0.2) is 12.4 Å². The maximum atomic E-state index is 12.3. The van der Waals surface area contributed by atoms with Gasteiger partial charge in [-0.2, -0.15) is 0 Å². The summed E-state index contributed by atoms with van der Waals surface area (Å²) >= 11 is 0. The number of aryl methyl sites for hydroxylation is 4. The molecular formula is C20H20O5. The molecule has 1 aromatic heterocycles. The first-order chi connectivity index (χ1) is 12.0. The van der Waals surface area contributed by atoms with Gasteiger partial charge in [0.25, 0.3) is 0 Å². The van der Waals surface area contributed by atoms with E-state index in [9.17, 15) is 14.4 Å². The van der Waals surface area contributed by atoms with Gasteiger partial charge in [-0.1, -0.05) is 12.1 Å². The number of hydrogen-bond donors (Lipinski definition) is 0. The van der Waals surface area contributed by atoms with Crippen molar-refractivity contribution in [3.8, 4) is 0 Å². The number of carbonyl (C=O) groups is 2. The van der Waals surface area contributed by atoms with Crippen molar-refractivity contribution in [3.63, 3.8) is 0 Å². The molecule has 0 saturated carbocycles. The van der Waals surface area contributed by atoms with E-state index in [2.05, 4.69) is 0 Å². The first kappa shape index (κ1) is 17.1. The Hall–Kier alpha value is -2.69. The number of ketones is 1. The fraction of sp³-hybridized carbons (Fsp3) is 0.350. The zero-order chi connectivity index (χ0) is 18.0. The van der Waals surface area contributed by atoms with Gasteiger partial charge in [-0.3, -0.25) is 4.79 Å². The summed E-state index contributed by atoms with van der Waals surface area (Å²) in [6.07, 6.45) is 4.36. The topological polar surface area (TPSA) is 73.6 Å². The van der Waals surface area contributed by atoms with E-state index in [0.717, 1.165) is 19.3 Å². The molecule has 5 nitrogen and oxygen atoms in total. The molecule has 3 rings (SSSR count). The van der Waals surface area contributed by atoms with Crippen LogP contribution in [-0.4, -0.2) is 18.4 Å². The molecule has 0 fully saturated rings. The predicted molar refractivity (Wildman–Crippen MR) is 92.1 cm³/mol. The lowest BCUT2D eigenvalue weighted by atomic mass is 9.90. The second-order valence-electron chi connectivity index (χ2n) is 6.37. The van der Waals surface area contributed by atoms with Crippen molar-refractivity contribution in [2.75, 3.05) is 6.61 Å². The monoisotopic (exact) mass is 340 g/mol. The van der Waals surface area contributed by atoms with Crippen LogP contribution in [0.3, 0.4) is 0 Å². The summed E-state index contributed by atoms with van der Waals surface area (Å²) in [5.41, 5.74) is 3.21. The predicted octanol–water partition coefficient (Wildman–Crippen LogP) is 3.18. The number of carbonyl (C=O) groups excluding carboxylic acids is 2. The zero-order valence-electron chi connectivity index (χ0n) is 14.4. The SMILES string of the molecule is Cc1cc(=O)oc(C)c1C(=O)OCC(=O)c1ccc2c(c1)CCCC2. The summed E-state index contributed by atoms with van der Waals surface area (Å²) in [7, 11) is 0. The van der Waals surface area contributed by atoms with Crippen LogP contribution in [0.5, 0.6) is 0 Å². The molecule has 0 saturated heterocycles. The largest absolute Gasteiger partial charge is 0.454 e. The lowest BCUT2D eigenvalue weighted by molar-refractivity contribution is 0.0470. The van der Waals surface area contributed by atoms with E-state index in [0.29, 0.717) is 11.1 Å². The molecular weight excluding hydrogens is 320 g/mol. The van der Waals surface area contributed by atoms with Crippen molar-refractivity contribution in [1.82, 2.24) is 0 Å². The molecule has 1 heterocycles. The van der Waals surface area contributed by atoms with E-state index in [1.807, 2.05) is 12.1 Å². The molecule has 0 atom stereocenters. The Kier molecular flexibility index (Phi) is 4.83. The zero-order valence-corrected chi connectivity index (χ0v) is 14.4. The standard InChI is InChI=1S/C20H20O5/c1-12-9-18(22)25-13(2)19(12)20(23)24-11-17(21)16-8-7-14-5-3-4-6-15(14)10-16/h7-10H,3-6,11H2,1-2H3. The first-order valence-electron chi connectivity index (χ1n) is 8.39. The van der Waals surface area contributed by atoms with Gasteiger partial charge < -0.3 is 9.15 Å². The van der Waals surface area contributed by atoms with Crippen LogP contribution >= 0.6 is 0 Å². The summed E-state index contributed by atoms with van der Waals surface area (Å²) < 4.78 is 10.1. The number of Topliss-reactive ketones (excluding diaryl/α,β-unsaturated/α-hetero) is 1. The highest BCUT2D eigenvalue weighted by Crippen LogP contribution is 2.22. The van der Waals surface area contributed by atoms with Crippen molar-refractivity contribution in [2.24, 2.45) is 0 Å². The third-order valence-electron chi connectivity index (χ3n) is 4.54. The highest BCUT2D eigenvalue weighted by molar-refractivity contribution is 6.00. The van der Waals surface area contributed by atoms with Gasteiger partial charge >= 0.3 is 11.6 Å². The van der Waals surface area contributed by atoms with E-state index in [1.165, 1.54) is 30.5 Å². The lowest BCUT2D eigenvalue weighted by Gasteiger charge is -2.16. The van der Waals surface area contributed by atoms with E-state index in [1.54, 1.807) is 13.0 Å². The average Bonchev–Trinajstić information content (AvgIpc) is 2.58. The summed E-state index contributed by atoms with van der Waals surface area (Å²) in [4.78, 5) is 35.9. The van der Waals surface area contributed by atoms with E-state index >= 15 is 0 Å². The number of hydrogen-bond acceptors (Lipinski definition) is 5. The fourth-order valence-electron chi connectivity index (χ4n) is 3.26. The third kappa shape index (κ3) is 3.71. The maximum absolute atomic E-state index is 12.3. The summed E-state index contributed by atoms with van der Waals surface area (Å²) in [5, 5.41) is 0. The Labute approximate surface area is 145 Å². The van der Waals surface area contributed by atoms with Crippen LogP contribution in [0.4, 0.5) is 0 Å². The van der Waals surface area contributed by atoms with Gasteiger partial charge in [0.1, 0.15) is 11.3 Å². The minimum absolute atomic E-state index is 0.191.